The number of nitrogens with two attached hydrogens (primary N) is 1. The summed E-state index contributed by atoms with van der Waals surface area (Å²) in [5, 5.41) is 0.671. The second-order valence-electron chi connectivity index (χ2n) is 3.67. The number of rotatable bonds is 4. The van der Waals surface area contributed by atoms with Crippen molar-refractivity contribution in [2.45, 2.75) is 6.61 Å². The summed E-state index contributed by atoms with van der Waals surface area (Å²) in [5.74, 6) is 5.89. The molecule has 0 aliphatic carbocycles. The Morgan fingerprint density at radius 2 is 1.89 bits per heavy atom. The van der Waals surface area contributed by atoms with Crippen molar-refractivity contribution in [1.82, 2.24) is 4.98 Å². The second-order valence-corrected chi connectivity index (χ2v) is 5.40. The minimum Gasteiger partial charge on any atom is -0.472 e. The number of hydrogen-bond acceptors (Lipinski definition) is 4. The Morgan fingerprint density at radius 3 is 2.53 bits per heavy atom. The van der Waals surface area contributed by atoms with Gasteiger partial charge in [0.15, 0.2) is 5.82 Å². The van der Waals surface area contributed by atoms with Crippen molar-refractivity contribution in [3.05, 3.63) is 50.4 Å². The summed E-state index contributed by atoms with van der Waals surface area (Å²) < 4.78 is 6.56. The summed E-state index contributed by atoms with van der Waals surface area (Å²) in [5.41, 5.74) is 3.38. The molecule has 0 fully saturated rings. The number of aromatic nitrogens is 1. The fourth-order valence-corrected chi connectivity index (χ4v) is 2.12. The Labute approximate surface area is 129 Å². The Morgan fingerprint density at radius 1 is 1.21 bits per heavy atom. The Bertz CT molecular complexity index is 578. The van der Waals surface area contributed by atoms with Crippen LogP contribution >= 0.6 is 39.1 Å². The van der Waals surface area contributed by atoms with Crippen LogP contribution in [-0.2, 0) is 6.61 Å². The zero-order valence-electron chi connectivity index (χ0n) is 9.66. The quantitative estimate of drug-likeness (QED) is 0.637. The summed E-state index contributed by atoms with van der Waals surface area (Å²) in [4.78, 5) is 4.09. The van der Waals surface area contributed by atoms with E-state index in [1.807, 2.05) is 24.3 Å². The van der Waals surface area contributed by atoms with E-state index < -0.39 is 0 Å². The van der Waals surface area contributed by atoms with Crippen LogP contribution in [0.5, 0.6) is 5.88 Å². The largest absolute Gasteiger partial charge is 0.472 e. The molecule has 1 heterocycles. The van der Waals surface area contributed by atoms with Gasteiger partial charge in [-0.25, -0.2) is 5.84 Å². The molecule has 100 valence electrons. The number of benzene rings is 1. The van der Waals surface area contributed by atoms with Gasteiger partial charge in [0.2, 0.25) is 5.88 Å². The molecule has 0 spiro atoms. The van der Waals surface area contributed by atoms with Crippen molar-refractivity contribution in [2.75, 3.05) is 5.43 Å². The molecule has 0 atom stereocenters. The highest BCUT2D eigenvalue weighted by Crippen LogP contribution is 2.30. The number of nitrogens with zero attached hydrogens (tertiary/aromatic N) is 1. The highest BCUT2D eigenvalue weighted by atomic mass is 79.9. The molecule has 7 heteroatoms. The standard InChI is InChI=1S/C12H10BrCl2N3O/c13-8-3-1-7(2-4-8)6-19-12-10(15)5-9(14)11(17-12)18-16/h1-5H,6,16H2,(H,17,18). The van der Waals surface area contributed by atoms with Gasteiger partial charge >= 0.3 is 0 Å². The summed E-state index contributed by atoms with van der Waals surface area (Å²) in [6.07, 6.45) is 0. The molecule has 0 aliphatic heterocycles. The van der Waals surface area contributed by atoms with E-state index in [0.717, 1.165) is 10.0 Å². The Hall–Kier alpha value is -1.01. The summed E-state index contributed by atoms with van der Waals surface area (Å²) in [6, 6.07) is 9.28. The van der Waals surface area contributed by atoms with Crippen molar-refractivity contribution in [2.24, 2.45) is 5.84 Å². The number of nitrogens with one attached hydrogen (secondary N) is 1. The van der Waals surface area contributed by atoms with E-state index in [0.29, 0.717) is 22.5 Å². The first-order valence-electron chi connectivity index (χ1n) is 5.30. The van der Waals surface area contributed by atoms with Gasteiger partial charge in [0.05, 0.1) is 5.02 Å². The van der Waals surface area contributed by atoms with Crippen molar-refractivity contribution in [1.29, 1.82) is 0 Å². The lowest BCUT2D eigenvalue weighted by Crippen LogP contribution is -2.10. The van der Waals surface area contributed by atoms with Crippen LogP contribution in [0, 0.1) is 0 Å². The van der Waals surface area contributed by atoms with Crippen LogP contribution in [0.1, 0.15) is 5.56 Å². The van der Waals surface area contributed by atoms with Gasteiger partial charge in [-0.05, 0) is 23.8 Å². The first-order chi connectivity index (χ1) is 9.10. The number of nitrogen functional groups attached to an aromatic ring is 1. The predicted octanol–water partition coefficient (Wildman–Crippen LogP) is 4.02. The number of anilines is 1. The van der Waals surface area contributed by atoms with E-state index in [9.17, 15) is 0 Å². The summed E-state index contributed by atoms with van der Waals surface area (Å²) >= 11 is 15.3. The molecule has 0 radical (unpaired) electrons. The lowest BCUT2D eigenvalue weighted by Gasteiger charge is -2.10. The van der Waals surface area contributed by atoms with Crippen LogP contribution < -0.4 is 16.0 Å². The van der Waals surface area contributed by atoms with Crippen molar-refractivity contribution >= 4 is 44.9 Å². The Balaban J connectivity index is 2.13. The van der Waals surface area contributed by atoms with Crippen molar-refractivity contribution < 1.29 is 4.74 Å². The first kappa shape index (κ1) is 14.4. The van der Waals surface area contributed by atoms with Crippen LogP contribution in [0.3, 0.4) is 0 Å². The maximum Gasteiger partial charge on any atom is 0.235 e. The van der Waals surface area contributed by atoms with E-state index in [1.165, 1.54) is 6.07 Å². The lowest BCUT2D eigenvalue weighted by atomic mass is 10.2. The molecule has 1 aromatic heterocycles. The van der Waals surface area contributed by atoms with Crippen LogP contribution in [0.15, 0.2) is 34.8 Å². The molecule has 19 heavy (non-hydrogen) atoms. The molecule has 0 aliphatic rings. The fraction of sp³-hybridized carbons (Fsp3) is 0.0833. The van der Waals surface area contributed by atoms with Crippen molar-refractivity contribution in [3.63, 3.8) is 0 Å². The zero-order chi connectivity index (χ0) is 13.8. The van der Waals surface area contributed by atoms with Gasteiger partial charge in [0, 0.05) is 4.47 Å². The van der Waals surface area contributed by atoms with Gasteiger partial charge < -0.3 is 10.2 Å². The van der Waals surface area contributed by atoms with E-state index >= 15 is 0 Å². The summed E-state index contributed by atoms with van der Waals surface area (Å²) in [6.45, 7) is 0.353. The maximum atomic E-state index is 6.00. The van der Waals surface area contributed by atoms with Crippen LogP contribution in [0.4, 0.5) is 5.82 Å². The summed E-state index contributed by atoms with van der Waals surface area (Å²) in [7, 11) is 0. The molecule has 2 aromatic rings. The van der Waals surface area contributed by atoms with Gasteiger partial charge in [-0.1, -0.05) is 51.3 Å². The molecule has 4 nitrogen and oxygen atoms in total. The molecule has 0 saturated heterocycles. The number of pyridine rings is 1. The normalized spacial score (nSPS) is 10.3. The molecule has 0 bridgehead atoms. The van der Waals surface area contributed by atoms with Gasteiger partial charge in [-0.3, -0.25) is 0 Å². The highest BCUT2D eigenvalue weighted by Gasteiger charge is 2.09. The Kier molecular flexibility index (Phi) is 4.87. The third kappa shape index (κ3) is 3.73. The topological polar surface area (TPSA) is 60.2 Å². The molecule has 1 aromatic carbocycles. The van der Waals surface area contributed by atoms with E-state index in [2.05, 4.69) is 26.3 Å². The maximum absolute atomic E-state index is 6.00. The van der Waals surface area contributed by atoms with Gasteiger partial charge in [0.1, 0.15) is 11.6 Å². The SMILES string of the molecule is NNc1nc(OCc2ccc(Br)cc2)c(Cl)cc1Cl. The van der Waals surface area contributed by atoms with E-state index in [1.54, 1.807) is 0 Å². The van der Waals surface area contributed by atoms with Crippen molar-refractivity contribution in [3.8, 4) is 5.88 Å². The smallest absolute Gasteiger partial charge is 0.235 e. The molecular formula is C12H10BrCl2N3O. The minimum atomic E-state index is 0.280. The molecular weight excluding hydrogens is 353 g/mol. The minimum absolute atomic E-state index is 0.280. The van der Waals surface area contributed by atoms with E-state index in [-0.39, 0.29) is 5.88 Å². The fourth-order valence-electron chi connectivity index (χ4n) is 1.38. The molecule has 3 N–H and O–H groups in total. The second kappa shape index (κ2) is 6.43. The number of hydrazine groups is 1. The van der Waals surface area contributed by atoms with Crippen LogP contribution in [0.25, 0.3) is 0 Å². The molecule has 0 unspecified atom stereocenters. The van der Waals surface area contributed by atoms with Crippen LogP contribution in [0.2, 0.25) is 10.0 Å². The first-order valence-corrected chi connectivity index (χ1v) is 6.85. The zero-order valence-corrected chi connectivity index (χ0v) is 12.8. The highest BCUT2D eigenvalue weighted by molar-refractivity contribution is 9.10. The van der Waals surface area contributed by atoms with Gasteiger partial charge in [-0.15, -0.1) is 0 Å². The van der Waals surface area contributed by atoms with E-state index in [4.69, 9.17) is 33.8 Å². The number of ether oxygens (including phenoxy) is 1. The number of hydrogen-bond donors (Lipinski definition) is 2. The van der Waals surface area contributed by atoms with Crippen LogP contribution in [-0.4, -0.2) is 4.98 Å². The average Bonchev–Trinajstić information content (AvgIpc) is 2.40. The predicted molar refractivity (Wildman–Crippen MR) is 80.5 cm³/mol. The lowest BCUT2D eigenvalue weighted by molar-refractivity contribution is 0.294. The molecule has 2 rings (SSSR count). The number of halogens is 3. The molecule has 0 saturated carbocycles. The third-order valence-corrected chi connectivity index (χ3v) is 3.41. The van der Waals surface area contributed by atoms with Gasteiger partial charge in [-0.2, -0.15) is 4.98 Å². The van der Waals surface area contributed by atoms with Gasteiger partial charge in [0.25, 0.3) is 0 Å². The average molecular weight is 363 g/mol. The third-order valence-electron chi connectivity index (χ3n) is 2.32. The monoisotopic (exact) mass is 361 g/mol. The molecule has 0 amide bonds.